The number of nitrogens with two attached hydrogens (primary N) is 1. The van der Waals surface area contributed by atoms with E-state index in [0.717, 1.165) is 22.3 Å². The van der Waals surface area contributed by atoms with Gasteiger partial charge < -0.3 is 10.8 Å². The molecule has 0 fully saturated rings. The molecule has 0 bridgehead atoms. The van der Waals surface area contributed by atoms with Crippen molar-refractivity contribution in [2.45, 2.75) is 12.8 Å². The molecule has 0 saturated carbocycles. The maximum atomic E-state index is 11.8. The summed E-state index contributed by atoms with van der Waals surface area (Å²) in [6, 6.07) is 16.7. The van der Waals surface area contributed by atoms with E-state index in [1.54, 1.807) is 31.5 Å². The molecule has 24 heavy (non-hydrogen) atoms. The first kappa shape index (κ1) is 15.7. The Morgan fingerprint density at radius 1 is 1.04 bits per heavy atom. The highest BCUT2D eigenvalue weighted by Crippen LogP contribution is 2.37. The molecule has 0 radical (unpaired) electrons. The van der Waals surface area contributed by atoms with Crippen LogP contribution in [0.5, 0.6) is 5.75 Å². The summed E-state index contributed by atoms with van der Waals surface area (Å²) in [5.74, 6) is -0.712. The van der Waals surface area contributed by atoms with Crippen LogP contribution in [0.2, 0.25) is 0 Å². The zero-order chi connectivity index (χ0) is 17.1. The summed E-state index contributed by atoms with van der Waals surface area (Å²) >= 11 is 0. The lowest BCUT2D eigenvalue weighted by molar-refractivity contribution is -0.119. The zero-order valence-corrected chi connectivity index (χ0v) is 13.3. The second-order valence-corrected chi connectivity index (χ2v) is 5.68. The quantitative estimate of drug-likeness (QED) is 0.770. The van der Waals surface area contributed by atoms with Gasteiger partial charge in [-0.05, 0) is 47.4 Å². The smallest absolute Gasteiger partial charge is 0.224 e. The number of pyridine rings is 1. The summed E-state index contributed by atoms with van der Waals surface area (Å²) < 4.78 is 0. The van der Waals surface area contributed by atoms with Crippen molar-refractivity contribution < 1.29 is 9.90 Å². The van der Waals surface area contributed by atoms with Crippen LogP contribution in [0.1, 0.15) is 18.4 Å². The molecule has 3 N–H and O–H groups in total. The van der Waals surface area contributed by atoms with E-state index in [2.05, 4.69) is 4.98 Å². The third-order valence-electron chi connectivity index (χ3n) is 4.13. The molecule has 0 spiro atoms. The van der Waals surface area contributed by atoms with Crippen LogP contribution in [0.3, 0.4) is 0 Å². The number of carbonyl (C=O) groups is 1. The normalized spacial score (nSPS) is 11.9. The maximum absolute atomic E-state index is 11.8. The lowest BCUT2D eigenvalue weighted by Crippen LogP contribution is -2.19. The summed E-state index contributed by atoms with van der Waals surface area (Å²) in [7, 11) is 0. The van der Waals surface area contributed by atoms with E-state index in [4.69, 9.17) is 5.73 Å². The van der Waals surface area contributed by atoms with Crippen molar-refractivity contribution in [3.05, 3.63) is 72.6 Å². The zero-order valence-electron chi connectivity index (χ0n) is 13.3. The molecule has 0 aliphatic heterocycles. The van der Waals surface area contributed by atoms with Gasteiger partial charge in [-0.15, -0.1) is 0 Å². The predicted octanol–water partition coefficient (Wildman–Crippen LogP) is 3.71. The Labute approximate surface area is 140 Å². The minimum atomic E-state index is -0.476. The monoisotopic (exact) mass is 318 g/mol. The van der Waals surface area contributed by atoms with Gasteiger partial charge in [-0.3, -0.25) is 9.78 Å². The van der Waals surface area contributed by atoms with Crippen LogP contribution in [0, 0.1) is 0 Å². The Hall–Kier alpha value is -3.14. The third kappa shape index (κ3) is 2.99. The highest BCUT2D eigenvalue weighted by atomic mass is 16.3. The van der Waals surface area contributed by atoms with Crippen molar-refractivity contribution in [1.82, 2.24) is 4.98 Å². The minimum absolute atomic E-state index is 0.171. The van der Waals surface area contributed by atoms with Crippen molar-refractivity contribution in [3.63, 3.8) is 0 Å². The molecule has 3 rings (SSSR count). The van der Waals surface area contributed by atoms with Gasteiger partial charge in [0.25, 0.3) is 0 Å². The molecule has 4 nitrogen and oxygen atoms in total. The second kappa shape index (κ2) is 6.54. The fraction of sp³-hybridized carbons (Fsp3) is 0.100. The number of phenols is 1. The van der Waals surface area contributed by atoms with E-state index < -0.39 is 11.8 Å². The van der Waals surface area contributed by atoms with Gasteiger partial charge in [-0.25, -0.2) is 0 Å². The molecule has 1 atom stereocenters. The lowest BCUT2D eigenvalue weighted by atomic mass is 9.88. The molecule has 1 unspecified atom stereocenters. The van der Waals surface area contributed by atoms with Gasteiger partial charge in [0, 0.05) is 18.0 Å². The third-order valence-corrected chi connectivity index (χ3v) is 4.13. The van der Waals surface area contributed by atoms with E-state index >= 15 is 0 Å². The fourth-order valence-electron chi connectivity index (χ4n) is 2.73. The molecular formula is C20H18N2O2. The summed E-state index contributed by atoms with van der Waals surface area (Å²) in [5, 5.41) is 10.2. The van der Waals surface area contributed by atoms with Gasteiger partial charge in [-0.2, -0.15) is 0 Å². The van der Waals surface area contributed by atoms with E-state index in [1.165, 1.54) is 0 Å². The number of benzene rings is 2. The first-order valence-corrected chi connectivity index (χ1v) is 7.70. The van der Waals surface area contributed by atoms with Crippen molar-refractivity contribution >= 4 is 5.91 Å². The van der Waals surface area contributed by atoms with Crippen molar-refractivity contribution in [2.24, 2.45) is 5.73 Å². The molecule has 0 aliphatic rings. The number of primary amides is 1. The number of hydrogen-bond donors (Lipinski definition) is 2. The summed E-state index contributed by atoms with van der Waals surface area (Å²) in [5.41, 5.74) is 9.69. The average Bonchev–Trinajstić information content (AvgIpc) is 2.62. The number of amides is 1. The number of aromatic hydroxyl groups is 1. The fourth-order valence-corrected chi connectivity index (χ4v) is 2.73. The standard InChI is InChI=1S/C20H18N2O2/c1-13(20(21)24)18-11-14(15-5-4-10-22-12-15)8-9-16(18)17-6-2-3-7-19(17)23/h2-13,23H,1H3,(H2,21,24). The maximum Gasteiger partial charge on any atom is 0.224 e. The molecule has 1 amide bonds. The van der Waals surface area contributed by atoms with Gasteiger partial charge in [0.2, 0.25) is 5.91 Å². The number of hydrogen-bond acceptors (Lipinski definition) is 3. The highest BCUT2D eigenvalue weighted by Gasteiger charge is 2.19. The van der Waals surface area contributed by atoms with Crippen LogP contribution in [-0.4, -0.2) is 16.0 Å². The SMILES string of the molecule is CC(C(N)=O)c1cc(-c2cccnc2)ccc1-c1ccccc1O. The first-order chi connectivity index (χ1) is 11.6. The number of carbonyl (C=O) groups excluding carboxylic acids is 1. The van der Waals surface area contributed by atoms with E-state index in [-0.39, 0.29) is 5.75 Å². The number of rotatable bonds is 4. The molecule has 0 aliphatic carbocycles. The summed E-state index contributed by atoms with van der Waals surface area (Å²) in [6.07, 6.45) is 3.49. The number of phenolic OH excluding ortho intramolecular Hbond substituents is 1. The van der Waals surface area contributed by atoms with Gasteiger partial charge in [0.1, 0.15) is 5.75 Å². The van der Waals surface area contributed by atoms with Gasteiger partial charge in [0.05, 0.1) is 5.92 Å². The van der Waals surface area contributed by atoms with Crippen molar-refractivity contribution in [1.29, 1.82) is 0 Å². The molecular weight excluding hydrogens is 300 g/mol. The number of para-hydroxylation sites is 1. The number of nitrogens with zero attached hydrogens (tertiary/aromatic N) is 1. The molecule has 3 aromatic rings. The molecule has 4 heteroatoms. The van der Waals surface area contributed by atoms with Crippen LogP contribution in [0.4, 0.5) is 0 Å². The van der Waals surface area contributed by atoms with Crippen LogP contribution < -0.4 is 5.73 Å². The number of aromatic nitrogens is 1. The Kier molecular flexibility index (Phi) is 4.29. The van der Waals surface area contributed by atoms with Crippen LogP contribution in [0.25, 0.3) is 22.3 Å². The lowest BCUT2D eigenvalue weighted by Gasteiger charge is -2.17. The molecule has 1 aromatic heterocycles. The van der Waals surface area contributed by atoms with Gasteiger partial charge in [0.15, 0.2) is 0 Å². The van der Waals surface area contributed by atoms with Crippen LogP contribution >= 0.6 is 0 Å². The molecule has 2 aromatic carbocycles. The van der Waals surface area contributed by atoms with Crippen molar-refractivity contribution in [3.8, 4) is 28.0 Å². The Bertz CT molecular complexity index is 876. The minimum Gasteiger partial charge on any atom is -0.507 e. The second-order valence-electron chi connectivity index (χ2n) is 5.68. The largest absolute Gasteiger partial charge is 0.507 e. The Balaban J connectivity index is 2.19. The predicted molar refractivity (Wildman–Crippen MR) is 94.4 cm³/mol. The first-order valence-electron chi connectivity index (χ1n) is 7.70. The van der Waals surface area contributed by atoms with E-state index in [0.29, 0.717) is 5.56 Å². The Morgan fingerprint density at radius 2 is 1.83 bits per heavy atom. The topological polar surface area (TPSA) is 76.2 Å². The molecule has 1 heterocycles. The van der Waals surface area contributed by atoms with Crippen molar-refractivity contribution in [2.75, 3.05) is 0 Å². The van der Waals surface area contributed by atoms with Crippen LogP contribution in [0.15, 0.2) is 67.0 Å². The average molecular weight is 318 g/mol. The molecule has 0 saturated heterocycles. The highest BCUT2D eigenvalue weighted by molar-refractivity contribution is 5.87. The summed E-state index contributed by atoms with van der Waals surface area (Å²) in [6.45, 7) is 1.77. The molecule has 120 valence electrons. The van der Waals surface area contributed by atoms with E-state index in [1.807, 2.05) is 42.5 Å². The van der Waals surface area contributed by atoms with Crippen LogP contribution in [-0.2, 0) is 4.79 Å². The van der Waals surface area contributed by atoms with E-state index in [9.17, 15) is 9.90 Å². The summed E-state index contributed by atoms with van der Waals surface area (Å²) in [4.78, 5) is 15.9. The Morgan fingerprint density at radius 3 is 2.50 bits per heavy atom. The van der Waals surface area contributed by atoms with Gasteiger partial charge >= 0.3 is 0 Å². The van der Waals surface area contributed by atoms with Gasteiger partial charge in [-0.1, -0.05) is 36.4 Å².